The van der Waals surface area contributed by atoms with E-state index in [-0.39, 0.29) is 12.0 Å². The first-order valence-corrected chi connectivity index (χ1v) is 10.4. The number of rotatable bonds is 7. The molecule has 0 aliphatic carbocycles. The lowest BCUT2D eigenvalue weighted by atomic mass is 10.2. The van der Waals surface area contributed by atoms with E-state index < -0.39 is 0 Å². The van der Waals surface area contributed by atoms with Gasteiger partial charge < -0.3 is 10.1 Å². The number of hydrogen-bond donors (Lipinski definition) is 1. The molecule has 2 saturated heterocycles. The van der Waals surface area contributed by atoms with Crippen molar-refractivity contribution >= 4 is 17.2 Å². The first kappa shape index (κ1) is 18.8. The SMILES string of the molecule is CC(C)CN1CCOC(CNC(=O)CN2CCCC2c2cccs2)C1. The van der Waals surface area contributed by atoms with E-state index >= 15 is 0 Å². The maximum atomic E-state index is 12.4. The van der Waals surface area contributed by atoms with E-state index in [0.717, 1.165) is 39.2 Å². The van der Waals surface area contributed by atoms with Gasteiger partial charge in [-0.2, -0.15) is 0 Å². The van der Waals surface area contributed by atoms with Crippen molar-refractivity contribution in [3.63, 3.8) is 0 Å². The van der Waals surface area contributed by atoms with Gasteiger partial charge in [-0.05, 0) is 36.8 Å². The van der Waals surface area contributed by atoms with E-state index in [2.05, 4.69) is 46.5 Å². The van der Waals surface area contributed by atoms with Crippen molar-refractivity contribution in [1.82, 2.24) is 15.1 Å². The van der Waals surface area contributed by atoms with Crippen molar-refractivity contribution < 1.29 is 9.53 Å². The quantitative estimate of drug-likeness (QED) is 0.806. The number of ether oxygens (including phenoxy) is 1. The highest BCUT2D eigenvalue weighted by atomic mass is 32.1. The monoisotopic (exact) mass is 365 g/mol. The minimum absolute atomic E-state index is 0.114. The van der Waals surface area contributed by atoms with Crippen LogP contribution in [-0.2, 0) is 9.53 Å². The number of carbonyl (C=O) groups is 1. The van der Waals surface area contributed by atoms with Gasteiger partial charge in [-0.3, -0.25) is 14.6 Å². The van der Waals surface area contributed by atoms with E-state index in [1.165, 1.54) is 11.3 Å². The number of amides is 1. The third-order valence-corrected chi connectivity index (χ3v) is 5.93. The molecule has 3 heterocycles. The molecule has 1 aromatic heterocycles. The van der Waals surface area contributed by atoms with Gasteiger partial charge in [-0.1, -0.05) is 19.9 Å². The molecular weight excluding hydrogens is 334 g/mol. The molecule has 5 nitrogen and oxygen atoms in total. The van der Waals surface area contributed by atoms with Crippen molar-refractivity contribution in [2.75, 3.05) is 45.9 Å². The summed E-state index contributed by atoms with van der Waals surface area (Å²) in [5.41, 5.74) is 0. The third kappa shape index (κ3) is 5.51. The van der Waals surface area contributed by atoms with Crippen molar-refractivity contribution in [1.29, 1.82) is 0 Å². The molecule has 3 rings (SSSR count). The standard InChI is InChI=1S/C19H31N3O2S/c1-15(2)12-21-8-9-24-16(13-21)11-20-19(23)14-22-7-3-5-17(22)18-6-4-10-25-18/h4,6,10,15-17H,3,5,7-9,11-14H2,1-2H3,(H,20,23). The molecule has 0 aromatic carbocycles. The van der Waals surface area contributed by atoms with Crippen LogP contribution < -0.4 is 5.32 Å². The zero-order valence-electron chi connectivity index (χ0n) is 15.4. The highest BCUT2D eigenvalue weighted by Gasteiger charge is 2.28. The highest BCUT2D eigenvalue weighted by molar-refractivity contribution is 7.10. The molecule has 0 radical (unpaired) electrons. The van der Waals surface area contributed by atoms with E-state index in [0.29, 0.717) is 25.0 Å². The first-order chi connectivity index (χ1) is 12.1. The molecule has 2 unspecified atom stereocenters. The molecule has 2 fully saturated rings. The molecule has 0 spiro atoms. The summed E-state index contributed by atoms with van der Waals surface area (Å²) >= 11 is 1.79. The Bertz CT molecular complexity index is 535. The number of thiophene rings is 1. The van der Waals surface area contributed by atoms with E-state index in [1.807, 2.05) is 0 Å². The molecule has 2 atom stereocenters. The summed E-state index contributed by atoms with van der Waals surface area (Å²) in [4.78, 5) is 18.5. The Labute approximate surface area is 155 Å². The molecule has 1 amide bonds. The summed E-state index contributed by atoms with van der Waals surface area (Å²) in [6.45, 7) is 10.4. The van der Waals surface area contributed by atoms with Crippen LogP contribution in [0.5, 0.6) is 0 Å². The predicted molar refractivity (Wildman–Crippen MR) is 102 cm³/mol. The summed E-state index contributed by atoms with van der Waals surface area (Å²) < 4.78 is 5.82. The van der Waals surface area contributed by atoms with Crippen LogP contribution in [0.4, 0.5) is 0 Å². The Morgan fingerprint density at radius 1 is 1.44 bits per heavy atom. The van der Waals surface area contributed by atoms with Gasteiger partial charge in [0, 0.05) is 37.1 Å². The Hall–Kier alpha value is -0.950. The van der Waals surface area contributed by atoms with Gasteiger partial charge in [0.05, 0.1) is 19.3 Å². The highest BCUT2D eigenvalue weighted by Crippen LogP contribution is 2.33. The first-order valence-electron chi connectivity index (χ1n) is 9.50. The lowest BCUT2D eigenvalue weighted by Gasteiger charge is -2.34. The lowest BCUT2D eigenvalue weighted by Crippen LogP contribution is -2.49. The van der Waals surface area contributed by atoms with Crippen molar-refractivity contribution in [3.8, 4) is 0 Å². The molecule has 0 saturated carbocycles. The van der Waals surface area contributed by atoms with Gasteiger partial charge >= 0.3 is 0 Å². The number of nitrogens with zero attached hydrogens (tertiary/aromatic N) is 2. The fourth-order valence-corrected chi connectivity index (χ4v) is 4.77. The number of hydrogen-bond acceptors (Lipinski definition) is 5. The second-order valence-corrected chi connectivity index (χ2v) is 8.57. The van der Waals surface area contributed by atoms with Gasteiger partial charge in [-0.25, -0.2) is 0 Å². The van der Waals surface area contributed by atoms with E-state index in [9.17, 15) is 4.79 Å². The van der Waals surface area contributed by atoms with Gasteiger partial charge in [0.25, 0.3) is 0 Å². The van der Waals surface area contributed by atoms with Crippen LogP contribution in [0.15, 0.2) is 17.5 Å². The third-order valence-electron chi connectivity index (χ3n) is 4.96. The molecule has 25 heavy (non-hydrogen) atoms. The van der Waals surface area contributed by atoms with Crippen LogP contribution in [-0.4, -0.2) is 67.7 Å². The molecule has 6 heteroatoms. The van der Waals surface area contributed by atoms with Gasteiger partial charge in [0.15, 0.2) is 0 Å². The maximum absolute atomic E-state index is 12.4. The topological polar surface area (TPSA) is 44.8 Å². The second kappa shape index (κ2) is 9.12. The smallest absolute Gasteiger partial charge is 0.234 e. The number of morpholine rings is 1. The minimum Gasteiger partial charge on any atom is -0.374 e. The number of nitrogens with one attached hydrogen (secondary N) is 1. The fourth-order valence-electron chi connectivity index (χ4n) is 3.87. The molecule has 2 aliphatic rings. The van der Waals surface area contributed by atoms with Crippen LogP contribution in [0.25, 0.3) is 0 Å². The van der Waals surface area contributed by atoms with Crippen LogP contribution >= 0.6 is 11.3 Å². The van der Waals surface area contributed by atoms with Gasteiger partial charge in [-0.15, -0.1) is 11.3 Å². The van der Waals surface area contributed by atoms with Crippen molar-refractivity contribution in [2.24, 2.45) is 5.92 Å². The van der Waals surface area contributed by atoms with Crippen LogP contribution in [0, 0.1) is 5.92 Å². The van der Waals surface area contributed by atoms with Crippen molar-refractivity contribution in [2.45, 2.75) is 38.8 Å². The van der Waals surface area contributed by atoms with Crippen molar-refractivity contribution in [3.05, 3.63) is 22.4 Å². The summed E-state index contributed by atoms with van der Waals surface area (Å²) in [7, 11) is 0. The van der Waals surface area contributed by atoms with Crippen LogP contribution in [0.1, 0.15) is 37.6 Å². The Morgan fingerprint density at radius 3 is 3.08 bits per heavy atom. The molecule has 2 aliphatic heterocycles. The summed E-state index contributed by atoms with van der Waals surface area (Å²) in [5, 5.41) is 5.21. The van der Waals surface area contributed by atoms with Gasteiger partial charge in [0.2, 0.25) is 5.91 Å². The predicted octanol–water partition coefficient (Wildman–Crippen LogP) is 2.36. The Kier molecular flexibility index (Phi) is 6.87. The largest absolute Gasteiger partial charge is 0.374 e. The summed E-state index contributed by atoms with van der Waals surface area (Å²) in [6, 6.07) is 4.70. The van der Waals surface area contributed by atoms with E-state index in [1.54, 1.807) is 11.3 Å². The number of carbonyl (C=O) groups excluding carboxylic acids is 1. The van der Waals surface area contributed by atoms with E-state index in [4.69, 9.17) is 4.74 Å². The molecule has 1 N–H and O–H groups in total. The average Bonchev–Trinajstić information content (AvgIpc) is 3.23. The maximum Gasteiger partial charge on any atom is 0.234 e. The number of likely N-dealkylation sites (tertiary alicyclic amines) is 1. The van der Waals surface area contributed by atoms with Crippen LogP contribution in [0.3, 0.4) is 0 Å². The van der Waals surface area contributed by atoms with Crippen LogP contribution in [0.2, 0.25) is 0 Å². The zero-order chi connectivity index (χ0) is 17.6. The van der Waals surface area contributed by atoms with Gasteiger partial charge in [0.1, 0.15) is 0 Å². The zero-order valence-corrected chi connectivity index (χ0v) is 16.3. The molecule has 140 valence electrons. The summed E-state index contributed by atoms with van der Waals surface area (Å²) in [6.07, 6.45) is 2.44. The summed E-state index contributed by atoms with van der Waals surface area (Å²) in [5.74, 6) is 0.783. The average molecular weight is 366 g/mol. The fraction of sp³-hybridized carbons (Fsp3) is 0.737. The normalized spacial score (nSPS) is 25.6. The lowest BCUT2D eigenvalue weighted by molar-refractivity contribution is -0.123. The minimum atomic E-state index is 0.114. The molecular formula is C19H31N3O2S. The molecule has 1 aromatic rings. The Morgan fingerprint density at radius 2 is 2.32 bits per heavy atom. The Balaban J connectivity index is 1.42. The molecule has 0 bridgehead atoms. The second-order valence-electron chi connectivity index (χ2n) is 7.59.